The van der Waals surface area contributed by atoms with Crippen molar-refractivity contribution in [3.63, 3.8) is 0 Å². The highest BCUT2D eigenvalue weighted by Gasteiger charge is 2.39. The van der Waals surface area contributed by atoms with Crippen molar-refractivity contribution in [2.24, 2.45) is 0 Å². The predicted octanol–water partition coefficient (Wildman–Crippen LogP) is 1.40. The second kappa shape index (κ2) is 6.93. The van der Waals surface area contributed by atoms with Crippen LogP contribution in [0.1, 0.15) is 10.4 Å². The number of nitrogens with zero attached hydrogens (tertiary/aromatic N) is 2. The maximum Gasteiger partial charge on any atom is 0.329 e. The third kappa shape index (κ3) is 4.23. The maximum atomic E-state index is 12.5. The number of urea groups is 1. The van der Waals surface area contributed by atoms with Gasteiger partial charge in [-0.3, -0.25) is 9.78 Å². The fraction of sp³-hybridized carbons (Fsp3) is 0.312. The molecule has 1 aromatic carbocycles. The van der Waals surface area contributed by atoms with Crippen LogP contribution in [0.5, 0.6) is 0 Å². The minimum absolute atomic E-state index is 0.0619. The molecule has 132 valence electrons. The van der Waals surface area contributed by atoms with Crippen LogP contribution in [-0.2, 0) is 27.5 Å². The summed E-state index contributed by atoms with van der Waals surface area (Å²) in [6.45, 7) is 0. The molecule has 7 nitrogen and oxygen atoms in total. The molecule has 0 radical (unpaired) electrons. The highest BCUT2D eigenvalue weighted by Crippen LogP contribution is 2.22. The molecule has 2 heterocycles. The van der Waals surface area contributed by atoms with Gasteiger partial charge in [-0.05, 0) is 24.1 Å². The number of nitrogens with one attached hydrogen (secondary N) is 1. The molecule has 1 fully saturated rings. The molecule has 1 atom stereocenters. The van der Waals surface area contributed by atoms with Crippen LogP contribution < -0.4 is 10.2 Å². The summed E-state index contributed by atoms with van der Waals surface area (Å²) in [6.07, 6.45) is 3.69. The van der Waals surface area contributed by atoms with Crippen LogP contribution in [0.3, 0.4) is 0 Å². The number of amides is 3. The highest BCUT2D eigenvalue weighted by molar-refractivity contribution is 7.90. The van der Waals surface area contributed by atoms with Crippen LogP contribution in [0.25, 0.3) is 0 Å². The summed E-state index contributed by atoms with van der Waals surface area (Å²) in [5, 5.41) is 2.69. The summed E-state index contributed by atoms with van der Waals surface area (Å²) in [7, 11) is -3.03. The molecule has 25 heavy (non-hydrogen) atoms. The zero-order valence-corrected chi connectivity index (χ0v) is 15.1. The number of anilines is 1. The summed E-state index contributed by atoms with van der Waals surface area (Å²) in [4.78, 5) is 30.7. The first kappa shape index (κ1) is 17.6. The molecular formula is C16H17N3O4S2. The number of thiazole rings is 1. The van der Waals surface area contributed by atoms with Gasteiger partial charge in [0.05, 0.1) is 17.0 Å². The largest absolute Gasteiger partial charge is 0.329 e. The minimum atomic E-state index is -3.03. The van der Waals surface area contributed by atoms with Crippen LogP contribution >= 0.6 is 11.3 Å². The summed E-state index contributed by atoms with van der Waals surface area (Å²) >= 11 is 1.44. The standard InChI is InChI=1S/C16H17N3O4S2/c1-25(22,23)7-6-11-2-4-12(5-3-11)19-15(20)14(18-16(19)21)8-13-9-17-10-24-13/h2-5,9-10,14H,6-8H2,1H3,(H,18,21). The Bertz CT molecular complexity index is 877. The van der Waals surface area contributed by atoms with E-state index in [4.69, 9.17) is 0 Å². The van der Waals surface area contributed by atoms with Gasteiger partial charge >= 0.3 is 6.03 Å². The zero-order valence-electron chi connectivity index (χ0n) is 13.5. The van der Waals surface area contributed by atoms with E-state index in [-0.39, 0.29) is 11.7 Å². The smallest absolute Gasteiger partial charge is 0.325 e. The van der Waals surface area contributed by atoms with E-state index < -0.39 is 21.9 Å². The first-order valence-corrected chi connectivity index (χ1v) is 10.6. The van der Waals surface area contributed by atoms with E-state index in [1.165, 1.54) is 17.6 Å². The van der Waals surface area contributed by atoms with Crippen LogP contribution in [0.15, 0.2) is 36.0 Å². The number of rotatable bonds is 6. The topological polar surface area (TPSA) is 96.4 Å². The molecule has 9 heteroatoms. The van der Waals surface area contributed by atoms with Crippen molar-refractivity contribution in [2.75, 3.05) is 16.9 Å². The second-order valence-corrected chi connectivity index (χ2v) is 9.12. The lowest BCUT2D eigenvalue weighted by atomic mass is 10.1. The van der Waals surface area contributed by atoms with Gasteiger partial charge in [-0.2, -0.15) is 0 Å². The fourth-order valence-electron chi connectivity index (χ4n) is 2.57. The highest BCUT2D eigenvalue weighted by atomic mass is 32.2. The minimum Gasteiger partial charge on any atom is -0.325 e. The van der Waals surface area contributed by atoms with Crippen molar-refractivity contribution >= 4 is 38.8 Å². The fourth-order valence-corrected chi connectivity index (χ4v) is 3.82. The van der Waals surface area contributed by atoms with E-state index in [0.717, 1.165) is 15.3 Å². The molecule has 1 N–H and O–H groups in total. The number of aromatic nitrogens is 1. The Hall–Kier alpha value is -2.26. The Morgan fingerprint density at radius 1 is 1.24 bits per heavy atom. The van der Waals surface area contributed by atoms with Gasteiger partial charge < -0.3 is 5.32 Å². The molecular weight excluding hydrogens is 362 g/mol. The van der Waals surface area contributed by atoms with Crippen LogP contribution in [0.2, 0.25) is 0 Å². The van der Waals surface area contributed by atoms with Crippen molar-refractivity contribution < 1.29 is 18.0 Å². The van der Waals surface area contributed by atoms with E-state index in [1.54, 1.807) is 36.0 Å². The summed E-state index contributed by atoms with van der Waals surface area (Å²) in [5.41, 5.74) is 2.99. The van der Waals surface area contributed by atoms with Crippen molar-refractivity contribution in [1.82, 2.24) is 10.3 Å². The van der Waals surface area contributed by atoms with Gasteiger partial charge in [0.15, 0.2) is 0 Å². The van der Waals surface area contributed by atoms with Crippen LogP contribution in [-0.4, -0.2) is 43.4 Å². The zero-order chi connectivity index (χ0) is 18.0. The molecule has 1 aliphatic rings. The summed E-state index contributed by atoms with van der Waals surface area (Å²) < 4.78 is 22.4. The normalized spacial score (nSPS) is 17.8. The molecule has 1 aromatic heterocycles. The third-order valence-corrected chi connectivity index (χ3v) is 5.61. The number of imide groups is 1. The Labute approximate surface area is 149 Å². The molecule has 3 amide bonds. The number of hydrogen-bond acceptors (Lipinski definition) is 6. The molecule has 1 saturated heterocycles. The molecule has 0 aliphatic carbocycles. The Balaban J connectivity index is 1.70. The van der Waals surface area contributed by atoms with E-state index in [1.807, 2.05) is 0 Å². The second-order valence-electron chi connectivity index (χ2n) is 5.89. The van der Waals surface area contributed by atoms with Crippen molar-refractivity contribution in [1.29, 1.82) is 0 Å². The summed E-state index contributed by atoms with van der Waals surface area (Å²) in [6, 6.07) is 5.73. The molecule has 0 bridgehead atoms. The number of carbonyl (C=O) groups excluding carboxylic acids is 2. The number of aryl methyl sites for hydroxylation is 1. The van der Waals surface area contributed by atoms with Gasteiger partial charge in [0.25, 0.3) is 5.91 Å². The molecule has 0 spiro atoms. The van der Waals surface area contributed by atoms with Crippen molar-refractivity contribution in [2.45, 2.75) is 18.9 Å². The van der Waals surface area contributed by atoms with E-state index in [9.17, 15) is 18.0 Å². The van der Waals surface area contributed by atoms with Gasteiger partial charge in [0.1, 0.15) is 15.9 Å². The number of sulfone groups is 1. The van der Waals surface area contributed by atoms with E-state index in [0.29, 0.717) is 18.5 Å². The first-order chi connectivity index (χ1) is 11.8. The molecule has 1 unspecified atom stereocenters. The van der Waals surface area contributed by atoms with Gasteiger partial charge in [0.2, 0.25) is 0 Å². The summed E-state index contributed by atoms with van der Waals surface area (Å²) in [5.74, 6) is -0.242. The van der Waals surface area contributed by atoms with Gasteiger partial charge in [0, 0.05) is 23.8 Å². The van der Waals surface area contributed by atoms with Gasteiger partial charge in [-0.1, -0.05) is 12.1 Å². The molecule has 0 saturated carbocycles. The van der Waals surface area contributed by atoms with E-state index >= 15 is 0 Å². The average molecular weight is 379 g/mol. The molecule has 3 rings (SSSR count). The number of carbonyl (C=O) groups is 2. The lowest BCUT2D eigenvalue weighted by molar-refractivity contribution is -0.118. The lowest BCUT2D eigenvalue weighted by Gasteiger charge is -2.13. The Morgan fingerprint density at radius 3 is 2.56 bits per heavy atom. The van der Waals surface area contributed by atoms with Crippen LogP contribution in [0, 0.1) is 0 Å². The van der Waals surface area contributed by atoms with Crippen molar-refractivity contribution in [3.05, 3.63) is 46.4 Å². The average Bonchev–Trinajstić information content (AvgIpc) is 3.15. The Morgan fingerprint density at radius 2 is 1.96 bits per heavy atom. The first-order valence-electron chi connectivity index (χ1n) is 7.62. The molecule has 1 aliphatic heterocycles. The van der Waals surface area contributed by atoms with Gasteiger partial charge in [-0.25, -0.2) is 18.1 Å². The number of benzene rings is 1. The van der Waals surface area contributed by atoms with E-state index in [2.05, 4.69) is 10.3 Å². The third-order valence-electron chi connectivity index (χ3n) is 3.86. The van der Waals surface area contributed by atoms with Crippen LogP contribution in [0.4, 0.5) is 10.5 Å². The van der Waals surface area contributed by atoms with Gasteiger partial charge in [-0.15, -0.1) is 11.3 Å². The monoisotopic (exact) mass is 379 g/mol. The lowest BCUT2D eigenvalue weighted by Crippen LogP contribution is -2.32. The predicted molar refractivity (Wildman–Crippen MR) is 95.5 cm³/mol. The van der Waals surface area contributed by atoms with Crippen molar-refractivity contribution in [3.8, 4) is 0 Å². The maximum absolute atomic E-state index is 12.5. The Kier molecular flexibility index (Phi) is 4.87. The number of hydrogen-bond donors (Lipinski definition) is 1. The molecule has 2 aromatic rings. The quantitative estimate of drug-likeness (QED) is 0.765. The SMILES string of the molecule is CS(=O)(=O)CCc1ccc(N2C(=O)NC(Cc3cncs3)C2=O)cc1.